The van der Waals surface area contributed by atoms with E-state index in [9.17, 15) is 18.0 Å². The van der Waals surface area contributed by atoms with E-state index in [1.165, 1.54) is 12.4 Å². The van der Waals surface area contributed by atoms with E-state index < -0.39 is 17.8 Å². The number of aromatic nitrogens is 3. The van der Waals surface area contributed by atoms with Crippen LogP contribution in [0.2, 0.25) is 0 Å². The molecule has 5 nitrogen and oxygen atoms in total. The van der Waals surface area contributed by atoms with Gasteiger partial charge in [-0.3, -0.25) is 9.48 Å². The molecular formula is C16H17F3N4O. The fourth-order valence-corrected chi connectivity index (χ4v) is 2.93. The van der Waals surface area contributed by atoms with Crippen molar-refractivity contribution in [3.05, 3.63) is 47.8 Å². The molecule has 2 heterocycles. The standard InChI is InChI=1S/C16H17F3N4O/c17-14-7-12(1-2-13(14)15(18)19)16(24)22-5-3-11(4-6-22)8-23-10-20-9-21-23/h1-2,7,9-11,15H,3-6,8H2. The Morgan fingerprint density at radius 2 is 2.04 bits per heavy atom. The molecule has 1 aromatic heterocycles. The van der Waals surface area contributed by atoms with Crippen LogP contribution in [0.4, 0.5) is 13.2 Å². The number of hydrogen-bond acceptors (Lipinski definition) is 3. The summed E-state index contributed by atoms with van der Waals surface area (Å²) in [5.41, 5.74) is -0.579. The third-order valence-electron chi connectivity index (χ3n) is 4.30. The van der Waals surface area contributed by atoms with Gasteiger partial charge in [-0.05, 0) is 37.0 Å². The van der Waals surface area contributed by atoms with Crippen LogP contribution < -0.4 is 0 Å². The number of benzene rings is 1. The lowest BCUT2D eigenvalue weighted by molar-refractivity contribution is 0.0680. The summed E-state index contributed by atoms with van der Waals surface area (Å²) in [6.45, 7) is 1.85. The highest BCUT2D eigenvalue weighted by Gasteiger charge is 2.25. The van der Waals surface area contributed by atoms with Crippen LogP contribution in [-0.4, -0.2) is 38.7 Å². The third kappa shape index (κ3) is 3.58. The molecule has 0 atom stereocenters. The number of nitrogens with zero attached hydrogens (tertiary/aromatic N) is 4. The minimum absolute atomic E-state index is 0.103. The van der Waals surface area contributed by atoms with Gasteiger partial charge in [-0.2, -0.15) is 5.10 Å². The van der Waals surface area contributed by atoms with Gasteiger partial charge in [0.25, 0.3) is 12.3 Å². The lowest BCUT2D eigenvalue weighted by atomic mass is 9.96. The van der Waals surface area contributed by atoms with E-state index in [4.69, 9.17) is 0 Å². The van der Waals surface area contributed by atoms with Crippen LogP contribution >= 0.6 is 0 Å². The first-order chi connectivity index (χ1) is 11.5. The van der Waals surface area contributed by atoms with Gasteiger partial charge >= 0.3 is 0 Å². The maximum atomic E-state index is 13.6. The third-order valence-corrected chi connectivity index (χ3v) is 4.30. The molecule has 0 bridgehead atoms. The maximum absolute atomic E-state index is 13.6. The monoisotopic (exact) mass is 338 g/mol. The zero-order valence-corrected chi connectivity index (χ0v) is 12.9. The summed E-state index contributed by atoms with van der Waals surface area (Å²) in [5.74, 6) is -0.973. The Bertz CT molecular complexity index is 697. The first-order valence-corrected chi connectivity index (χ1v) is 7.74. The average molecular weight is 338 g/mol. The Labute approximate surface area is 137 Å². The minimum Gasteiger partial charge on any atom is -0.339 e. The predicted molar refractivity (Wildman–Crippen MR) is 80.0 cm³/mol. The Kier molecular flexibility index (Phi) is 4.82. The molecular weight excluding hydrogens is 321 g/mol. The number of amides is 1. The van der Waals surface area contributed by atoms with Crippen molar-refractivity contribution in [2.24, 2.45) is 5.92 Å². The summed E-state index contributed by atoms with van der Waals surface area (Å²) in [7, 11) is 0. The second-order valence-electron chi connectivity index (χ2n) is 5.89. The van der Waals surface area contributed by atoms with Gasteiger partial charge < -0.3 is 4.90 Å². The van der Waals surface area contributed by atoms with Crippen LogP contribution in [0.1, 0.15) is 35.2 Å². The normalized spacial score (nSPS) is 15.9. The molecule has 1 aliphatic heterocycles. The van der Waals surface area contributed by atoms with E-state index in [-0.39, 0.29) is 11.5 Å². The highest BCUT2D eigenvalue weighted by molar-refractivity contribution is 5.94. The zero-order valence-electron chi connectivity index (χ0n) is 12.9. The summed E-state index contributed by atoms with van der Waals surface area (Å²) >= 11 is 0. The molecule has 0 N–H and O–H groups in total. The zero-order chi connectivity index (χ0) is 17.1. The van der Waals surface area contributed by atoms with Gasteiger partial charge in [0.1, 0.15) is 18.5 Å². The first-order valence-electron chi connectivity index (χ1n) is 7.74. The Morgan fingerprint density at radius 1 is 1.29 bits per heavy atom. The van der Waals surface area contributed by atoms with Crippen molar-refractivity contribution in [3.8, 4) is 0 Å². The van der Waals surface area contributed by atoms with E-state index >= 15 is 0 Å². The summed E-state index contributed by atoms with van der Waals surface area (Å²) in [4.78, 5) is 17.9. The second-order valence-corrected chi connectivity index (χ2v) is 5.89. The van der Waals surface area contributed by atoms with Gasteiger partial charge in [0.2, 0.25) is 0 Å². The number of hydrogen-bond donors (Lipinski definition) is 0. The lowest BCUT2D eigenvalue weighted by Crippen LogP contribution is -2.39. The van der Waals surface area contributed by atoms with E-state index in [0.717, 1.165) is 31.5 Å². The number of halogens is 3. The molecule has 8 heteroatoms. The molecule has 2 aromatic rings. The molecule has 1 aliphatic rings. The molecule has 1 amide bonds. The smallest absolute Gasteiger partial charge is 0.266 e. The summed E-state index contributed by atoms with van der Waals surface area (Å²) in [6.07, 6.45) is 1.87. The molecule has 0 spiro atoms. The predicted octanol–water partition coefficient (Wildman–Crippen LogP) is 2.91. The molecule has 128 valence electrons. The van der Waals surface area contributed by atoms with Crippen LogP contribution in [0.3, 0.4) is 0 Å². The topological polar surface area (TPSA) is 51.0 Å². The maximum Gasteiger partial charge on any atom is 0.266 e. The molecule has 0 saturated carbocycles. The van der Waals surface area contributed by atoms with Crippen molar-refractivity contribution in [2.75, 3.05) is 13.1 Å². The van der Waals surface area contributed by atoms with Gasteiger partial charge in [0.05, 0.1) is 5.56 Å². The Morgan fingerprint density at radius 3 is 2.62 bits per heavy atom. The van der Waals surface area contributed by atoms with E-state index in [0.29, 0.717) is 19.0 Å². The fourth-order valence-electron chi connectivity index (χ4n) is 2.93. The first kappa shape index (κ1) is 16.5. The van der Waals surface area contributed by atoms with Gasteiger partial charge in [0, 0.05) is 25.2 Å². The number of alkyl halides is 2. The number of carbonyl (C=O) groups excluding carboxylic acids is 1. The minimum atomic E-state index is -2.89. The van der Waals surface area contributed by atoms with E-state index in [1.54, 1.807) is 15.9 Å². The lowest BCUT2D eigenvalue weighted by Gasteiger charge is -2.32. The van der Waals surface area contributed by atoms with Crippen molar-refractivity contribution in [2.45, 2.75) is 25.8 Å². The second kappa shape index (κ2) is 7.02. The van der Waals surface area contributed by atoms with Gasteiger partial charge in [-0.25, -0.2) is 18.2 Å². The number of carbonyl (C=O) groups is 1. The van der Waals surface area contributed by atoms with Crippen LogP contribution in [0.25, 0.3) is 0 Å². The molecule has 1 fully saturated rings. The Balaban J connectivity index is 1.60. The summed E-state index contributed by atoms with van der Waals surface area (Å²) in [5, 5.41) is 4.07. The summed E-state index contributed by atoms with van der Waals surface area (Å²) < 4.78 is 40.5. The van der Waals surface area contributed by atoms with Crippen molar-refractivity contribution in [1.82, 2.24) is 19.7 Å². The molecule has 0 aliphatic carbocycles. The quantitative estimate of drug-likeness (QED) is 0.861. The molecule has 1 saturated heterocycles. The molecule has 1 aromatic carbocycles. The van der Waals surface area contributed by atoms with Crippen molar-refractivity contribution in [1.29, 1.82) is 0 Å². The van der Waals surface area contributed by atoms with Crippen molar-refractivity contribution < 1.29 is 18.0 Å². The van der Waals surface area contributed by atoms with Gasteiger partial charge in [-0.15, -0.1) is 0 Å². The largest absolute Gasteiger partial charge is 0.339 e. The van der Waals surface area contributed by atoms with Crippen LogP contribution in [-0.2, 0) is 6.54 Å². The van der Waals surface area contributed by atoms with Crippen molar-refractivity contribution in [3.63, 3.8) is 0 Å². The Hall–Kier alpha value is -2.38. The van der Waals surface area contributed by atoms with Gasteiger partial charge in [-0.1, -0.05) is 0 Å². The highest BCUT2D eigenvalue weighted by Crippen LogP contribution is 2.24. The molecule has 0 unspecified atom stereocenters. The molecule has 0 radical (unpaired) electrons. The number of rotatable bonds is 4. The van der Waals surface area contributed by atoms with Gasteiger partial charge in [0.15, 0.2) is 0 Å². The molecule has 24 heavy (non-hydrogen) atoms. The van der Waals surface area contributed by atoms with E-state index in [2.05, 4.69) is 10.1 Å². The van der Waals surface area contributed by atoms with Crippen molar-refractivity contribution >= 4 is 5.91 Å². The van der Waals surface area contributed by atoms with Crippen LogP contribution in [0.5, 0.6) is 0 Å². The van der Waals surface area contributed by atoms with Crippen LogP contribution in [0, 0.1) is 11.7 Å². The highest BCUT2D eigenvalue weighted by atomic mass is 19.3. The number of likely N-dealkylation sites (tertiary alicyclic amines) is 1. The summed E-state index contributed by atoms with van der Waals surface area (Å²) in [6, 6.07) is 3.13. The van der Waals surface area contributed by atoms with Crippen LogP contribution in [0.15, 0.2) is 30.9 Å². The fraction of sp³-hybridized carbons (Fsp3) is 0.438. The SMILES string of the molecule is O=C(c1ccc(C(F)F)c(F)c1)N1CCC(Cn2cncn2)CC1. The van der Waals surface area contributed by atoms with E-state index in [1.807, 2.05) is 0 Å². The molecule has 3 rings (SSSR count). The number of piperidine rings is 1. The average Bonchev–Trinajstić information content (AvgIpc) is 3.07.